The number of fused-ring (bicyclic) bond motifs is 5. The standard InChI is InChI=1S/C16H19F3N2O/c17-16(18,19)22-14-4-2-1-3-11(14)13-8-12-9-5-6-10(7-9)15(12)21-20-13/h1-4,9-10,12-13,15,20-21H,5-8H2. The van der Waals surface area contributed by atoms with Crippen molar-refractivity contribution in [3.05, 3.63) is 29.8 Å². The van der Waals surface area contributed by atoms with E-state index in [0.717, 1.165) is 18.3 Å². The summed E-state index contributed by atoms with van der Waals surface area (Å²) >= 11 is 0. The zero-order valence-electron chi connectivity index (χ0n) is 12.1. The van der Waals surface area contributed by atoms with Gasteiger partial charge in [-0.05, 0) is 49.5 Å². The number of para-hydroxylation sites is 1. The minimum Gasteiger partial charge on any atom is -0.405 e. The summed E-state index contributed by atoms with van der Waals surface area (Å²) in [5.41, 5.74) is 7.16. The summed E-state index contributed by atoms with van der Waals surface area (Å²) < 4.78 is 41.9. The van der Waals surface area contributed by atoms with Crippen molar-refractivity contribution in [2.75, 3.05) is 0 Å². The second-order valence-electron chi connectivity index (χ2n) is 6.69. The number of ether oxygens (including phenoxy) is 1. The number of rotatable bonds is 2. The van der Waals surface area contributed by atoms with E-state index < -0.39 is 6.36 Å². The van der Waals surface area contributed by atoms with E-state index in [-0.39, 0.29) is 11.8 Å². The molecule has 2 saturated carbocycles. The lowest BCUT2D eigenvalue weighted by Crippen LogP contribution is -2.54. The summed E-state index contributed by atoms with van der Waals surface area (Å²) in [4.78, 5) is 0. The molecule has 6 heteroatoms. The van der Waals surface area contributed by atoms with Crippen molar-refractivity contribution < 1.29 is 17.9 Å². The fourth-order valence-corrected chi connectivity index (χ4v) is 4.69. The Kier molecular flexibility index (Phi) is 3.34. The first-order chi connectivity index (χ1) is 10.5. The summed E-state index contributed by atoms with van der Waals surface area (Å²) in [6.45, 7) is 0. The van der Waals surface area contributed by atoms with Crippen LogP contribution in [0.25, 0.3) is 0 Å². The van der Waals surface area contributed by atoms with Crippen molar-refractivity contribution in [2.45, 2.75) is 44.1 Å². The third-order valence-electron chi connectivity index (χ3n) is 5.54. The third kappa shape index (κ3) is 2.48. The van der Waals surface area contributed by atoms with Gasteiger partial charge in [-0.2, -0.15) is 0 Å². The van der Waals surface area contributed by atoms with Crippen LogP contribution in [0.5, 0.6) is 5.75 Å². The molecule has 0 spiro atoms. The zero-order chi connectivity index (χ0) is 15.3. The largest absolute Gasteiger partial charge is 0.573 e. The maximum Gasteiger partial charge on any atom is 0.573 e. The Hall–Kier alpha value is -1.27. The smallest absolute Gasteiger partial charge is 0.405 e. The molecule has 1 aliphatic heterocycles. The van der Waals surface area contributed by atoms with Gasteiger partial charge in [-0.15, -0.1) is 13.2 Å². The molecule has 22 heavy (non-hydrogen) atoms. The first-order valence-corrected chi connectivity index (χ1v) is 7.87. The molecule has 3 aliphatic rings. The van der Waals surface area contributed by atoms with E-state index in [4.69, 9.17) is 0 Å². The number of hydrogen-bond acceptors (Lipinski definition) is 3. The van der Waals surface area contributed by atoms with Gasteiger partial charge < -0.3 is 4.74 Å². The maximum atomic E-state index is 12.6. The van der Waals surface area contributed by atoms with Crippen LogP contribution < -0.4 is 15.6 Å². The quantitative estimate of drug-likeness (QED) is 0.876. The highest BCUT2D eigenvalue weighted by molar-refractivity contribution is 5.36. The monoisotopic (exact) mass is 312 g/mol. The van der Waals surface area contributed by atoms with Crippen LogP contribution in [0.4, 0.5) is 13.2 Å². The lowest BCUT2D eigenvalue weighted by Gasteiger charge is -2.40. The SMILES string of the molecule is FC(F)(F)Oc1ccccc1C1CC2C3CCC(C3)C2NN1. The Morgan fingerprint density at radius 1 is 1.00 bits per heavy atom. The molecule has 1 aromatic carbocycles. The van der Waals surface area contributed by atoms with Gasteiger partial charge >= 0.3 is 6.36 Å². The molecule has 1 saturated heterocycles. The Balaban J connectivity index is 1.56. The predicted octanol–water partition coefficient (Wildman–Crippen LogP) is 3.54. The van der Waals surface area contributed by atoms with Crippen molar-refractivity contribution in [1.29, 1.82) is 0 Å². The van der Waals surface area contributed by atoms with E-state index in [2.05, 4.69) is 15.6 Å². The van der Waals surface area contributed by atoms with Crippen molar-refractivity contribution in [2.24, 2.45) is 17.8 Å². The fraction of sp³-hybridized carbons (Fsp3) is 0.625. The Bertz CT molecular complexity index is 563. The van der Waals surface area contributed by atoms with E-state index >= 15 is 0 Å². The molecule has 0 amide bonds. The number of hydrogen-bond donors (Lipinski definition) is 2. The normalized spacial score (nSPS) is 37.1. The minimum absolute atomic E-state index is 0.101. The molecule has 0 aromatic heterocycles. The van der Waals surface area contributed by atoms with Crippen LogP contribution in [-0.2, 0) is 0 Å². The molecule has 5 atom stereocenters. The summed E-state index contributed by atoms with van der Waals surface area (Å²) in [5.74, 6) is 1.91. The van der Waals surface area contributed by atoms with E-state index in [9.17, 15) is 13.2 Å². The first kappa shape index (κ1) is 14.3. The second-order valence-corrected chi connectivity index (χ2v) is 6.69. The maximum absolute atomic E-state index is 12.6. The van der Waals surface area contributed by atoms with Crippen LogP contribution in [-0.4, -0.2) is 12.4 Å². The second kappa shape index (κ2) is 5.13. The summed E-state index contributed by atoms with van der Waals surface area (Å²) in [7, 11) is 0. The molecule has 0 radical (unpaired) electrons. The van der Waals surface area contributed by atoms with Gasteiger partial charge in [-0.1, -0.05) is 18.2 Å². The Morgan fingerprint density at radius 2 is 1.77 bits per heavy atom. The lowest BCUT2D eigenvalue weighted by molar-refractivity contribution is -0.275. The average Bonchev–Trinajstić information content (AvgIpc) is 3.07. The number of halogens is 3. The van der Waals surface area contributed by atoms with Crippen LogP contribution in [0, 0.1) is 17.8 Å². The molecule has 1 heterocycles. The zero-order valence-corrected chi connectivity index (χ0v) is 12.1. The van der Waals surface area contributed by atoms with Gasteiger partial charge in [0.25, 0.3) is 0 Å². The minimum atomic E-state index is -4.66. The highest BCUT2D eigenvalue weighted by Gasteiger charge is 2.50. The molecule has 120 valence electrons. The molecule has 2 N–H and O–H groups in total. The average molecular weight is 312 g/mol. The van der Waals surface area contributed by atoms with Gasteiger partial charge in [-0.3, -0.25) is 5.43 Å². The topological polar surface area (TPSA) is 33.3 Å². The van der Waals surface area contributed by atoms with E-state index in [0.29, 0.717) is 17.5 Å². The molecule has 3 fully saturated rings. The van der Waals surface area contributed by atoms with Crippen LogP contribution in [0.1, 0.15) is 37.3 Å². The number of nitrogens with one attached hydrogen (secondary N) is 2. The summed E-state index contributed by atoms with van der Waals surface area (Å²) in [5, 5.41) is 0. The fourth-order valence-electron chi connectivity index (χ4n) is 4.69. The van der Waals surface area contributed by atoms with Crippen LogP contribution in [0.15, 0.2) is 24.3 Å². The van der Waals surface area contributed by atoms with Crippen LogP contribution in [0.2, 0.25) is 0 Å². The van der Waals surface area contributed by atoms with Gasteiger partial charge in [0, 0.05) is 11.6 Å². The van der Waals surface area contributed by atoms with Crippen LogP contribution in [0.3, 0.4) is 0 Å². The molecule has 1 aromatic rings. The lowest BCUT2D eigenvalue weighted by atomic mass is 9.78. The number of benzene rings is 1. The summed E-state index contributed by atoms with van der Waals surface area (Å²) in [6.07, 6.45) is 0.0154. The highest BCUT2D eigenvalue weighted by Crippen LogP contribution is 2.52. The highest BCUT2D eigenvalue weighted by atomic mass is 19.4. The van der Waals surface area contributed by atoms with Gasteiger partial charge in [-0.25, -0.2) is 5.43 Å². The van der Waals surface area contributed by atoms with Crippen molar-refractivity contribution in [1.82, 2.24) is 10.9 Å². The Morgan fingerprint density at radius 3 is 2.59 bits per heavy atom. The Labute approximate surface area is 127 Å². The summed E-state index contributed by atoms with van der Waals surface area (Å²) in [6, 6.07) is 6.77. The van der Waals surface area contributed by atoms with Crippen molar-refractivity contribution in [3.8, 4) is 5.75 Å². The number of hydrazine groups is 1. The van der Waals surface area contributed by atoms with Crippen molar-refractivity contribution >= 4 is 0 Å². The van der Waals surface area contributed by atoms with E-state index in [1.807, 2.05) is 0 Å². The molecular weight excluding hydrogens is 293 g/mol. The molecule has 5 unspecified atom stereocenters. The molecule has 2 bridgehead atoms. The first-order valence-electron chi connectivity index (χ1n) is 7.87. The van der Waals surface area contributed by atoms with Gasteiger partial charge in [0.15, 0.2) is 0 Å². The number of alkyl halides is 3. The molecular formula is C16H19F3N2O. The van der Waals surface area contributed by atoms with Gasteiger partial charge in [0.2, 0.25) is 0 Å². The molecule has 2 aliphatic carbocycles. The van der Waals surface area contributed by atoms with Gasteiger partial charge in [0.1, 0.15) is 5.75 Å². The van der Waals surface area contributed by atoms with Crippen LogP contribution >= 0.6 is 0 Å². The van der Waals surface area contributed by atoms with Gasteiger partial charge in [0.05, 0.1) is 6.04 Å². The molecule has 3 nitrogen and oxygen atoms in total. The predicted molar refractivity (Wildman–Crippen MR) is 74.9 cm³/mol. The molecule has 4 rings (SSSR count). The van der Waals surface area contributed by atoms with Crippen molar-refractivity contribution in [3.63, 3.8) is 0 Å². The van der Waals surface area contributed by atoms with E-state index in [1.54, 1.807) is 18.2 Å². The van der Waals surface area contributed by atoms with E-state index in [1.165, 1.54) is 25.3 Å². The third-order valence-corrected chi connectivity index (χ3v) is 5.54.